The molecule has 0 aliphatic heterocycles. The Morgan fingerprint density at radius 3 is 2.17 bits per heavy atom. The van der Waals surface area contributed by atoms with Crippen molar-refractivity contribution in [1.29, 1.82) is 0 Å². The van der Waals surface area contributed by atoms with E-state index in [-0.39, 0.29) is 5.78 Å². The monoisotopic (exact) mass is 403 g/mol. The predicted molar refractivity (Wildman–Crippen MR) is 112 cm³/mol. The summed E-state index contributed by atoms with van der Waals surface area (Å²) in [6, 6.07) is 22.2. The van der Waals surface area contributed by atoms with Crippen molar-refractivity contribution in [2.24, 2.45) is 0 Å². The molecule has 30 heavy (non-hydrogen) atoms. The minimum absolute atomic E-state index is 0.209. The zero-order valence-corrected chi connectivity index (χ0v) is 16.5. The molecule has 6 heteroatoms. The summed E-state index contributed by atoms with van der Waals surface area (Å²) in [6.07, 6.45) is 0. The van der Waals surface area contributed by atoms with E-state index in [2.05, 4.69) is 5.32 Å². The number of esters is 1. The van der Waals surface area contributed by atoms with E-state index in [0.29, 0.717) is 29.0 Å². The fourth-order valence-corrected chi connectivity index (χ4v) is 2.84. The Hall–Kier alpha value is -3.77. The van der Waals surface area contributed by atoms with E-state index >= 15 is 0 Å². The second kappa shape index (κ2) is 10.1. The van der Waals surface area contributed by atoms with Crippen LogP contribution < -0.4 is 5.32 Å². The first-order valence-corrected chi connectivity index (χ1v) is 9.32. The van der Waals surface area contributed by atoms with E-state index in [1.54, 1.807) is 79.9 Å². The van der Waals surface area contributed by atoms with Crippen molar-refractivity contribution < 1.29 is 23.9 Å². The molecule has 0 bridgehead atoms. The van der Waals surface area contributed by atoms with Gasteiger partial charge in [-0.3, -0.25) is 9.59 Å². The van der Waals surface area contributed by atoms with E-state index < -0.39 is 18.5 Å². The average molecular weight is 403 g/mol. The number of hydrogen-bond acceptors (Lipinski definition) is 5. The Morgan fingerprint density at radius 1 is 0.800 bits per heavy atom. The molecule has 0 radical (unpaired) electrons. The molecule has 3 rings (SSSR count). The van der Waals surface area contributed by atoms with Crippen molar-refractivity contribution in [2.75, 3.05) is 19.0 Å². The lowest BCUT2D eigenvalue weighted by molar-refractivity contribution is -0.119. The summed E-state index contributed by atoms with van der Waals surface area (Å²) in [4.78, 5) is 37.2. The lowest BCUT2D eigenvalue weighted by atomic mass is 10.0. The zero-order chi connectivity index (χ0) is 21.3. The fraction of sp³-hybridized carbons (Fsp3) is 0.125. The van der Waals surface area contributed by atoms with Crippen LogP contribution >= 0.6 is 0 Å². The Labute approximate surface area is 174 Å². The first-order chi connectivity index (χ1) is 14.6. The number of rotatable bonds is 8. The van der Waals surface area contributed by atoms with Crippen LogP contribution in [0.3, 0.4) is 0 Å². The third-order valence-corrected chi connectivity index (χ3v) is 4.32. The highest BCUT2D eigenvalue weighted by atomic mass is 16.5. The molecule has 0 aromatic heterocycles. The van der Waals surface area contributed by atoms with Crippen LogP contribution in [-0.4, -0.2) is 31.4 Å². The van der Waals surface area contributed by atoms with Gasteiger partial charge in [-0.1, -0.05) is 54.6 Å². The number of hydrogen-bond donors (Lipinski definition) is 1. The minimum atomic E-state index is -0.609. The van der Waals surface area contributed by atoms with Gasteiger partial charge in [0.25, 0.3) is 5.91 Å². The van der Waals surface area contributed by atoms with Gasteiger partial charge in [0.15, 0.2) is 12.4 Å². The molecule has 0 unspecified atom stereocenters. The van der Waals surface area contributed by atoms with E-state index in [1.807, 2.05) is 6.07 Å². The van der Waals surface area contributed by atoms with Crippen molar-refractivity contribution in [1.82, 2.24) is 0 Å². The lowest BCUT2D eigenvalue weighted by Gasteiger charge is -2.11. The Morgan fingerprint density at radius 2 is 1.47 bits per heavy atom. The van der Waals surface area contributed by atoms with Gasteiger partial charge in [-0.05, 0) is 29.8 Å². The van der Waals surface area contributed by atoms with Crippen LogP contribution in [0.4, 0.5) is 5.69 Å². The van der Waals surface area contributed by atoms with Gasteiger partial charge in [0, 0.05) is 18.2 Å². The van der Waals surface area contributed by atoms with Crippen molar-refractivity contribution in [3.8, 4) is 0 Å². The molecule has 152 valence electrons. The summed E-state index contributed by atoms with van der Waals surface area (Å²) in [5.74, 6) is -1.35. The molecule has 0 fully saturated rings. The van der Waals surface area contributed by atoms with Gasteiger partial charge < -0.3 is 14.8 Å². The highest BCUT2D eigenvalue weighted by Crippen LogP contribution is 2.19. The number of amides is 1. The first kappa shape index (κ1) is 21.0. The largest absolute Gasteiger partial charge is 0.452 e. The standard InChI is InChI=1S/C24H21NO5/c1-29-15-17-11-13-19(14-12-17)24(28)30-16-22(26)25-21-10-6-5-9-20(21)23(27)18-7-3-2-4-8-18/h2-14H,15-16H2,1H3,(H,25,26). The predicted octanol–water partition coefficient (Wildman–Crippen LogP) is 3.86. The fourth-order valence-electron chi connectivity index (χ4n) is 2.84. The summed E-state index contributed by atoms with van der Waals surface area (Å²) in [6.45, 7) is -0.0225. The molecule has 6 nitrogen and oxygen atoms in total. The van der Waals surface area contributed by atoms with Crippen molar-refractivity contribution in [3.05, 3.63) is 101 Å². The molecule has 3 aromatic carbocycles. The minimum Gasteiger partial charge on any atom is -0.452 e. The molecule has 0 spiro atoms. The molecular weight excluding hydrogens is 382 g/mol. The average Bonchev–Trinajstić information content (AvgIpc) is 2.79. The van der Waals surface area contributed by atoms with E-state index in [1.165, 1.54) is 0 Å². The van der Waals surface area contributed by atoms with E-state index in [9.17, 15) is 14.4 Å². The molecule has 0 saturated heterocycles. The topological polar surface area (TPSA) is 81.7 Å². The number of benzene rings is 3. The molecule has 0 atom stereocenters. The van der Waals surface area contributed by atoms with Crippen molar-refractivity contribution in [3.63, 3.8) is 0 Å². The molecule has 0 aliphatic rings. The molecule has 1 N–H and O–H groups in total. The van der Waals surface area contributed by atoms with Crippen LogP contribution in [0.2, 0.25) is 0 Å². The van der Waals surface area contributed by atoms with E-state index in [0.717, 1.165) is 5.56 Å². The highest BCUT2D eigenvalue weighted by Gasteiger charge is 2.16. The van der Waals surface area contributed by atoms with Crippen LogP contribution in [-0.2, 0) is 20.9 Å². The van der Waals surface area contributed by atoms with Gasteiger partial charge in [0.2, 0.25) is 0 Å². The Kier molecular flexibility index (Phi) is 7.08. The highest BCUT2D eigenvalue weighted by molar-refractivity contribution is 6.13. The van der Waals surface area contributed by atoms with Crippen molar-refractivity contribution >= 4 is 23.3 Å². The number of ketones is 1. The maximum absolute atomic E-state index is 12.7. The molecule has 1 amide bonds. The number of carbonyl (C=O) groups is 3. The van der Waals surface area contributed by atoms with Gasteiger partial charge in [0.1, 0.15) is 0 Å². The second-order valence-electron chi connectivity index (χ2n) is 6.49. The Balaban J connectivity index is 1.61. The summed E-state index contributed by atoms with van der Waals surface area (Å²) in [7, 11) is 1.59. The third-order valence-electron chi connectivity index (χ3n) is 4.32. The normalized spacial score (nSPS) is 10.3. The summed E-state index contributed by atoms with van der Waals surface area (Å²) < 4.78 is 10.1. The third kappa shape index (κ3) is 5.40. The molecule has 3 aromatic rings. The maximum atomic E-state index is 12.7. The number of carbonyl (C=O) groups excluding carboxylic acids is 3. The maximum Gasteiger partial charge on any atom is 0.338 e. The van der Waals surface area contributed by atoms with Crippen molar-refractivity contribution in [2.45, 2.75) is 6.61 Å². The van der Waals surface area contributed by atoms with E-state index in [4.69, 9.17) is 9.47 Å². The van der Waals surface area contributed by atoms with Crippen LogP contribution in [0.15, 0.2) is 78.9 Å². The summed E-state index contributed by atoms with van der Waals surface area (Å²) in [5.41, 5.74) is 2.49. The first-order valence-electron chi connectivity index (χ1n) is 9.32. The SMILES string of the molecule is COCc1ccc(C(=O)OCC(=O)Nc2ccccc2C(=O)c2ccccc2)cc1. The second-order valence-corrected chi connectivity index (χ2v) is 6.49. The number of nitrogens with one attached hydrogen (secondary N) is 1. The van der Waals surface area contributed by atoms with Gasteiger partial charge in [-0.2, -0.15) is 0 Å². The van der Waals surface area contributed by atoms with Crippen LogP contribution in [0.25, 0.3) is 0 Å². The smallest absolute Gasteiger partial charge is 0.338 e. The molecule has 0 heterocycles. The van der Waals surface area contributed by atoms with Gasteiger partial charge in [0.05, 0.1) is 17.9 Å². The number of ether oxygens (including phenoxy) is 2. The lowest BCUT2D eigenvalue weighted by Crippen LogP contribution is -2.22. The number of anilines is 1. The quantitative estimate of drug-likeness (QED) is 0.456. The van der Waals surface area contributed by atoms with Gasteiger partial charge >= 0.3 is 5.97 Å². The van der Waals surface area contributed by atoms with Gasteiger partial charge in [-0.25, -0.2) is 4.79 Å². The Bertz CT molecular complexity index is 1030. The van der Waals surface area contributed by atoms with Crippen LogP contribution in [0, 0.1) is 0 Å². The molecule has 0 aliphatic carbocycles. The van der Waals surface area contributed by atoms with Crippen LogP contribution in [0.1, 0.15) is 31.8 Å². The van der Waals surface area contributed by atoms with Gasteiger partial charge in [-0.15, -0.1) is 0 Å². The zero-order valence-electron chi connectivity index (χ0n) is 16.5. The summed E-state index contributed by atoms with van der Waals surface area (Å²) in [5, 5.41) is 2.64. The number of para-hydroxylation sites is 1. The number of methoxy groups -OCH3 is 1. The van der Waals surface area contributed by atoms with Crippen LogP contribution in [0.5, 0.6) is 0 Å². The molecule has 0 saturated carbocycles. The molecular formula is C24H21NO5. The summed E-state index contributed by atoms with van der Waals surface area (Å²) >= 11 is 0.